The van der Waals surface area contributed by atoms with E-state index in [1.165, 1.54) is 0 Å². The van der Waals surface area contributed by atoms with Crippen molar-refractivity contribution in [3.05, 3.63) is 99.1 Å². The van der Waals surface area contributed by atoms with Gasteiger partial charge in [0.1, 0.15) is 12.4 Å². The molecule has 158 valence electrons. The van der Waals surface area contributed by atoms with Crippen LogP contribution >= 0.6 is 22.6 Å². The summed E-state index contributed by atoms with van der Waals surface area (Å²) in [6.45, 7) is -0.211. The fraction of sp³-hybridized carbons (Fsp3) is 0.160. The molecule has 3 aromatic rings. The summed E-state index contributed by atoms with van der Waals surface area (Å²) in [6, 6.07) is 23.8. The van der Waals surface area contributed by atoms with E-state index in [1.54, 1.807) is 24.3 Å². The third-order valence-corrected chi connectivity index (χ3v) is 5.24. The van der Waals surface area contributed by atoms with Gasteiger partial charge in [-0.25, -0.2) is 0 Å². The van der Waals surface area contributed by atoms with Gasteiger partial charge in [0.15, 0.2) is 11.6 Å². The summed E-state index contributed by atoms with van der Waals surface area (Å²) in [6.07, 6.45) is 0.519. The first-order valence-corrected chi connectivity index (χ1v) is 10.9. The van der Waals surface area contributed by atoms with Gasteiger partial charge in [-0.1, -0.05) is 54.6 Å². The molecule has 0 unspecified atom stereocenters. The Morgan fingerprint density at radius 1 is 0.742 bits per heavy atom. The molecule has 1 N–H and O–H groups in total. The van der Waals surface area contributed by atoms with E-state index in [2.05, 4.69) is 27.9 Å². The monoisotopic (exact) mass is 527 g/mol. The maximum absolute atomic E-state index is 12.6. The van der Waals surface area contributed by atoms with E-state index in [9.17, 15) is 14.4 Å². The molecule has 3 rings (SSSR count). The van der Waals surface area contributed by atoms with Crippen LogP contribution in [0.25, 0.3) is 0 Å². The Balaban J connectivity index is 1.52. The number of nitrogens with one attached hydrogen (secondary N) is 1. The Bertz CT molecular complexity index is 1050. The lowest BCUT2D eigenvalue weighted by Gasteiger charge is -2.11. The van der Waals surface area contributed by atoms with Crippen LogP contribution in [0.2, 0.25) is 0 Å². The molecular formula is C25H22INO4. The lowest BCUT2D eigenvalue weighted by atomic mass is 10.1. The molecule has 6 heteroatoms. The zero-order chi connectivity index (χ0) is 22.1. The third-order valence-electron chi connectivity index (χ3n) is 4.53. The van der Waals surface area contributed by atoms with Crippen molar-refractivity contribution in [2.45, 2.75) is 12.8 Å². The van der Waals surface area contributed by atoms with E-state index in [0.717, 1.165) is 14.7 Å². The van der Waals surface area contributed by atoms with Gasteiger partial charge in [0.25, 0.3) is 5.91 Å². The molecule has 0 spiro atoms. The molecule has 0 aliphatic heterocycles. The molecule has 0 aliphatic rings. The second kappa shape index (κ2) is 11.4. The Morgan fingerprint density at radius 3 is 2.10 bits per heavy atom. The van der Waals surface area contributed by atoms with E-state index in [-0.39, 0.29) is 43.1 Å². The number of para-hydroxylation sites is 1. The minimum absolute atomic E-state index is 0.0756. The average molecular weight is 527 g/mol. The fourth-order valence-corrected chi connectivity index (χ4v) is 3.34. The molecule has 5 nitrogen and oxygen atoms in total. The van der Waals surface area contributed by atoms with Gasteiger partial charge in [-0.3, -0.25) is 14.4 Å². The topological polar surface area (TPSA) is 72.5 Å². The molecule has 0 bridgehead atoms. The molecule has 0 fully saturated rings. The average Bonchev–Trinajstić information content (AvgIpc) is 2.78. The number of hydrogen-bond acceptors (Lipinski definition) is 4. The minimum atomic E-state index is -0.415. The summed E-state index contributed by atoms with van der Waals surface area (Å²) in [7, 11) is 0. The van der Waals surface area contributed by atoms with E-state index in [4.69, 9.17) is 4.74 Å². The summed E-state index contributed by atoms with van der Waals surface area (Å²) < 4.78 is 6.73. The molecule has 0 aliphatic carbocycles. The fourth-order valence-electron chi connectivity index (χ4n) is 2.98. The quantitative estimate of drug-likeness (QED) is 0.405. The Labute approximate surface area is 195 Å². The van der Waals surface area contributed by atoms with Gasteiger partial charge < -0.3 is 10.1 Å². The third kappa shape index (κ3) is 7.32. The molecule has 1 amide bonds. The highest BCUT2D eigenvalue weighted by Crippen LogP contribution is 2.18. The van der Waals surface area contributed by atoms with Crippen LogP contribution < -0.4 is 10.1 Å². The number of ketones is 2. The number of hydrogen-bond donors (Lipinski definition) is 1. The summed E-state index contributed by atoms with van der Waals surface area (Å²) in [5.41, 5.74) is 2.10. The van der Waals surface area contributed by atoms with Crippen LogP contribution in [0.4, 0.5) is 0 Å². The summed E-state index contributed by atoms with van der Waals surface area (Å²) in [5.74, 6) is -0.284. The molecule has 0 saturated carbocycles. The first kappa shape index (κ1) is 22.7. The Hall–Kier alpha value is -3.00. The van der Waals surface area contributed by atoms with Gasteiger partial charge in [0, 0.05) is 16.4 Å². The van der Waals surface area contributed by atoms with Gasteiger partial charge in [0.2, 0.25) is 0 Å². The first-order valence-electron chi connectivity index (χ1n) is 9.83. The van der Waals surface area contributed by atoms with Gasteiger partial charge in [-0.15, -0.1) is 0 Å². The molecule has 0 aromatic heterocycles. The van der Waals surface area contributed by atoms with Crippen molar-refractivity contribution in [3.63, 3.8) is 0 Å². The predicted molar refractivity (Wildman–Crippen MR) is 127 cm³/mol. The number of ether oxygens (including phenoxy) is 1. The zero-order valence-corrected chi connectivity index (χ0v) is 19.0. The lowest BCUT2D eigenvalue weighted by Crippen LogP contribution is -2.30. The maximum atomic E-state index is 12.6. The number of Topliss-reactive ketones (excluding diaryl/α,β-unsaturated/α-hetero) is 2. The van der Waals surface area contributed by atoms with Crippen molar-refractivity contribution < 1.29 is 19.1 Å². The van der Waals surface area contributed by atoms with Gasteiger partial charge in [-0.2, -0.15) is 0 Å². The number of rotatable bonds is 10. The van der Waals surface area contributed by atoms with Gasteiger partial charge in [0.05, 0.1) is 12.1 Å². The zero-order valence-electron chi connectivity index (χ0n) is 16.8. The SMILES string of the molecule is O=C(CNC(=O)c1ccccc1OCC(=O)Cc1ccc(I)cc1)Cc1ccccc1. The first-order chi connectivity index (χ1) is 15.0. The van der Waals surface area contributed by atoms with Crippen LogP contribution in [0, 0.1) is 3.57 Å². The standard InChI is InChI=1S/C25H22INO4/c26-20-12-10-19(11-13-20)15-22(29)17-31-24-9-5-4-8-23(24)25(30)27-16-21(28)14-18-6-2-1-3-7-18/h1-13H,14-17H2,(H,27,30). The van der Waals surface area contributed by atoms with Gasteiger partial charge in [-0.05, 0) is 58.0 Å². The largest absolute Gasteiger partial charge is 0.485 e. The minimum Gasteiger partial charge on any atom is -0.485 e. The van der Waals surface area contributed by atoms with Crippen molar-refractivity contribution in [2.75, 3.05) is 13.2 Å². The number of amides is 1. The van der Waals surface area contributed by atoms with Crippen molar-refractivity contribution >= 4 is 40.1 Å². The van der Waals surface area contributed by atoms with Crippen molar-refractivity contribution in [2.24, 2.45) is 0 Å². The molecule has 0 heterocycles. The summed E-state index contributed by atoms with van der Waals surface area (Å²) in [4.78, 5) is 37.0. The number of benzene rings is 3. The molecule has 3 aromatic carbocycles. The predicted octanol–water partition coefficient (Wildman–Crippen LogP) is 4.02. The molecular weight excluding hydrogens is 505 g/mol. The van der Waals surface area contributed by atoms with Crippen LogP contribution in [0.5, 0.6) is 5.75 Å². The maximum Gasteiger partial charge on any atom is 0.255 e. The normalized spacial score (nSPS) is 10.4. The molecule has 0 atom stereocenters. The number of carbonyl (C=O) groups is 3. The second-order valence-corrected chi connectivity index (χ2v) is 8.26. The number of carbonyl (C=O) groups excluding carboxylic acids is 3. The molecule has 0 saturated heterocycles. The summed E-state index contributed by atoms with van der Waals surface area (Å²) >= 11 is 2.21. The molecule has 31 heavy (non-hydrogen) atoms. The van der Waals surface area contributed by atoms with Crippen LogP contribution in [0.3, 0.4) is 0 Å². The van der Waals surface area contributed by atoms with Crippen LogP contribution in [0.15, 0.2) is 78.9 Å². The van der Waals surface area contributed by atoms with E-state index >= 15 is 0 Å². The lowest BCUT2D eigenvalue weighted by molar-refractivity contribution is -0.120. The smallest absolute Gasteiger partial charge is 0.255 e. The highest BCUT2D eigenvalue weighted by molar-refractivity contribution is 14.1. The van der Waals surface area contributed by atoms with E-state index in [1.807, 2.05) is 54.6 Å². The summed E-state index contributed by atoms with van der Waals surface area (Å²) in [5, 5.41) is 2.64. The molecule has 0 radical (unpaired) electrons. The van der Waals surface area contributed by atoms with E-state index < -0.39 is 5.91 Å². The Kier molecular flexibility index (Phi) is 8.35. The van der Waals surface area contributed by atoms with Crippen molar-refractivity contribution in [3.8, 4) is 5.75 Å². The van der Waals surface area contributed by atoms with Crippen molar-refractivity contribution in [1.29, 1.82) is 0 Å². The van der Waals surface area contributed by atoms with E-state index in [0.29, 0.717) is 5.75 Å². The highest BCUT2D eigenvalue weighted by atomic mass is 127. The number of halogens is 1. The highest BCUT2D eigenvalue weighted by Gasteiger charge is 2.15. The second-order valence-electron chi connectivity index (χ2n) is 7.01. The van der Waals surface area contributed by atoms with Gasteiger partial charge >= 0.3 is 0 Å². The van der Waals surface area contributed by atoms with Crippen LogP contribution in [-0.4, -0.2) is 30.6 Å². The van der Waals surface area contributed by atoms with Crippen molar-refractivity contribution in [1.82, 2.24) is 5.32 Å². The van der Waals surface area contributed by atoms with Crippen LogP contribution in [0.1, 0.15) is 21.5 Å². The Morgan fingerprint density at radius 2 is 1.35 bits per heavy atom. The van der Waals surface area contributed by atoms with Crippen LogP contribution in [-0.2, 0) is 22.4 Å².